The van der Waals surface area contributed by atoms with E-state index in [2.05, 4.69) is 5.32 Å². The van der Waals surface area contributed by atoms with Crippen LogP contribution in [-0.2, 0) is 25.5 Å². The van der Waals surface area contributed by atoms with Crippen LogP contribution in [0.2, 0.25) is 0 Å². The first-order valence-electron chi connectivity index (χ1n) is 8.20. The minimum atomic E-state index is -0.943. The predicted octanol–water partition coefficient (Wildman–Crippen LogP) is -1.44. The molecule has 0 unspecified atom stereocenters. The number of carbonyl (C=O) groups excluding carboxylic acids is 3. The quantitative estimate of drug-likeness (QED) is 0.561. The fourth-order valence-electron chi connectivity index (χ4n) is 3.17. The van der Waals surface area contributed by atoms with Crippen molar-refractivity contribution in [3.8, 4) is 0 Å². The highest BCUT2D eigenvalue weighted by molar-refractivity contribution is 5.97. The lowest BCUT2D eigenvalue weighted by atomic mass is 10.1. The van der Waals surface area contributed by atoms with E-state index in [-0.39, 0.29) is 31.4 Å². The number of nitrogens with zero attached hydrogens (tertiary/aromatic N) is 1. The van der Waals surface area contributed by atoms with Crippen molar-refractivity contribution in [1.82, 2.24) is 10.2 Å². The van der Waals surface area contributed by atoms with E-state index in [0.717, 1.165) is 5.56 Å². The van der Waals surface area contributed by atoms with E-state index in [4.69, 9.17) is 10.5 Å². The van der Waals surface area contributed by atoms with Gasteiger partial charge >= 0.3 is 5.97 Å². The first kappa shape index (κ1) is 17.4. The van der Waals surface area contributed by atoms with E-state index in [1.807, 2.05) is 30.3 Å². The molecule has 0 aromatic heterocycles. The highest BCUT2D eigenvalue weighted by Crippen LogP contribution is 2.22. The molecule has 0 bridgehead atoms. The van der Waals surface area contributed by atoms with Crippen LogP contribution in [0.25, 0.3) is 0 Å². The molecule has 8 heteroatoms. The molecule has 0 saturated carbocycles. The average Bonchev–Trinajstić information content (AvgIpc) is 3.00. The number of aliphatic hydroxyl groups excluding tert-OH is 1. The molecule has 25 heavy (non-hydrogen) atoms. The van der Waals surface area contributed by atoms with Crippen LogP contribution in [0.3, 0.4) is 0 Å². The van der Waals surface area contributed by atoms with Gasteiger partial charge in [0.25, 0.3) is 0 Å². The third-order valence-corrected chi connectivity index (χ3v) is 4.47. The first-order valence-corrected chi connectivity index (χ1v) is 8.20. The first-order chi connectivity index (χ1) is 12.0. The zero-order valence-corrected chi connectivity index (χ0v) is 13.6. The topological polar surface area (TPSA) is 122 Å². The number of esters is 1. The Kier molecular flexibility index (Phi) is 5.00. The summed E-state index contributed by atoms with van der Waals surface area (Å²) in [5.74, 6) is -1.33. The number of piperazine rings is 1. The largest absolute Gasteiger partial charge is 0.462 e. The molecule has 8 nitrogen and oxygen atoms in total. The number of ether oxygens (including phenoxy) is 1. The van der Waals surface area contributed by atoms with Crippen molar-refractivity contribution < 1.29 is 24.2 Å². The molecule has 2 aliphatic rings. The summed E-state index contributed by atoms with van der Waals surface area (Å²) in [6.07, 6.45) is -0.155. The fraction of sp³-hybridized carbons (Fsp3) is 0.471. The van der Waals surface area contributed by atoms with Crippen LogP contribution in [0.5, 0.6) is 0 Å². The lowest BCUT2D eigenvalue weighted by Gasteiger charge is -2.34. The Hall–Kier alpha value is -2.45. The molecule has 1 aromatic carbocycles. The zero-order valence-electron chi connectivity index (χ0n) is 13.6. The third-order valence-electron chi connectivity index (χ3n) is 4.47. The monoisotopic (exact) mass is 347 g/mol. The molecule has 1 aromatic rings. The molecule has 0 spiro atoms. The lowest BCUT2D eigenvalue weighted by Crippen LogP contribution is -2.62. The van der Waals surface area contributed by atoms with Crippen LogP contribution >= 0.6 is 0 Å². The molecule has 3 rings (SSSR count). The summed E-state index contributed by atoms with van der Waals surface area (Å²) in [7, 11) is 0. The van der Waals surface area contributed by atoms with Crippen LogP contribution in [0, 0.1) is 0 Å². The Labute approximate surface area is 144 Å². The van der Waals surface area contributed by atoms with Gasteiger partial charge < -0.3 is 25.8 Å². The molecule has 4 atom stereocenters. The number of nitrogens with two attached hydrogens (primary N) is 1. The van der Waals surface area contributed by atoms with Crippen LogP contribution in [-0.4, -0.2) is 65.2 Å². The van der Waals surface area contributed by atoms with Gasteiger partial charge in [-0.05, 0) is 12.0 Å². The maximum absolute atomic E-state index is 12.3. The maximum atomic E-state index is 12.3. The van der Waals surface area contributed by atoms with Gasteiger partial charge in [-0.3, -0.25) is 14.4 Å². The number of benzene rings is 1. The van der Waals surface area contributed by atoms with Gasteiger partial charge in [0.15, 0.2) is 0 Å². The molecular weight excluding hydrogens is 326 g/mol. The summed E-state index contributed by atoms with van der Waals surface area (Å²) in [5, 5.41) is 12.2. The van der Waals surface area contributed by atoms with Gasteiger partial charge in [-0.1, -0.05) is 30.3 Å². The Morgan fingerprint density at radius 2 is 2.08 bits per heavy atom. The fourth-order valence-corrected chi connectivity index (χ4v) is 3.17. The number of hydrogen-bond acceptors (Lipinski definition) is 6. The Morgan fingerprint density at radius 3 is 2.80 bits per heavy atom. The summed E-state index contributed by atoms with van der Waals surface area (Å²) in [4.78, 5) is 37.7. The number of hydrogen-bond donors (Lipinski definition) is 3. The average molecular weight is 347 g/mol. The van der Waals surface area contributed by atoms with Gasteiger partial charge in [-0.25, -0.2) is 0 Å². The zero-order chi connectivity index (χ0) is 18.0. The standard InChI is InChI=1S/C17H21N3O5/c18-12(6-10-4-2-1-3-5-10)17(24)25-9-13-16(23)20-8-11(21)7-14(20)15(22)19-13/h1-5,11-14,21H,6-9,18H2,(H,19,22)/t11-,12+,13+,14+/m1/s1. The van der Waals surface area contributed by atoms with Crippen molar-refractivity contribution in [2.45, 2.75) is 37.1 Å². The summed E-state index contributed by atoms with van der Waals surface area (Å²) < 4.78 is 5.12. The number of amides is 2. The molecule has 2 saturated heterocycles. The van der Waals surface area contributed by atoms with Crippen molar-refractivity contribution in [2.75, 3.05) is 13.2 Å². The molecule has 2 heterocycles. The second kappa shape index (κ2) is 7.20. The number of carbonyl (C=O) groups is 3. The van der Waals surface area contributed by atoms with E-state index in [0.29, 0.717) is 6.42 Å². The van der Waals surface area contributed by atoms with Crippen molar-refractivity contribution in [3.63, 3.8) is 0 Å². The van der Waals surface area contributed by atoms with Crippen LogP contribution < -0.4 is 11.1 Å². The molecule has 0 radical (unpaired) electrons. The highest BCUT2D eigenvalue weighted by atomic mass is 16.5. The predicted molar refractivity (Wildman–Crippen MR) is 87.1 cm³/mol. The summed E-state index contributed by atoms with van der Waals surface area (Å²) in [6.45, 7) is -0.153. The van der Waals surface area contributed by atoms with Crippen molar-refractivity contribution in [1.29, 1.82) is 0 Å². The van der Waals surface area contributed by atoms with Crippen LogP contribution in [0.1, 0.15) is 12.0 Å². The highest BCUT2D eigenvalue weighted by Gasteiger charge is 2.46. The van der Waals surface area contributed by atoms with Gasteiger partial charge in [-0.15, -0.1) is 0 Å². The van der Waals surface area contributed by atoms with Gasteiger partial charge in [0.2, 0.25) is 11.8 Å². The van der Waals surface area contributed by atoms with Gasteiger partial charge in [0, 0.05) is 13.0 Å². The molecule has 4 N–H and O–H groups in total. The Morgan fingerprint density at radius 1 is 1.36 bits per heavy atom. The summed E-state index contributed by atoms with van der Waals surface area (Å²) in [5.41, 5.74) is 6.75. The minimum absolute atomic E-state index is 0.120. The van der Waals surface area contributed by atoms with E-state index in [9.17, 15) is 19.5 Å². The van der Waals surface area contributed by atoms with Crippen molar-refractivity contribution in [2.24, 2.45) is 5.73 Å². The van der Waals surface area contributed by atoms with Crippen molar-refractivity contribution in [3.05, 3.63) is 35.9 Å². The molecule has 2 fully saturated rings. The number of rotatable bonds is 5. The molecule has 2 aliphatic heterocycles. The van der Waals surface area contributed by atoms with Gasteiger partial charge in [0.1, 0.15) is 24.7 Å². The molecule has 0 aliphatic carbocycles. The normalized spacial score (nSPS) is 26.8. The van der Waals surface area contributed by atoms with Crippen molar-refractivity contribution >= 4 is 17.8 Å². The maximum Gasteiger partial charge on any atom is 0.323 e. The van der Waals surface area contributed by atoms with E-state index < -0.39 is 30.2 Å². The number of aliphatic hydroxyl groups is 1. The molecule has 134 valence electrons. The third kappa shape index (κ3) is 3.80. The van der Waals surface area contributed by atoms with E-state index in [1.54, 1.807) is 0 Å². The summed E-state index contributed by atoms with van der Waals surface area (Å²) >= 11 is 0. The smallest absolute Gasteiger partial charge is 0.323 e. The SMILES string of the molecule is N[C@@H](Cc1ccccc1)C(=O)OC[C@@H]1NC(=O)[C@@H]2C[C@@H](O)CN2C1=O. The Bertz CT molecular complexity index is 666. The second-order valence-electron chi connectivity index (χ2n) is 6.38. The minimum Gasteiger partial charge on any atom is -0.462 e. The van der Waals surface area contributed by atoms with Crippen LogP contribution in [0.4, 0.5) is 0 Å². The second-order valence-corrected chi connectivity index (χ2v) is 6.38. The summed E-state index contributed by atoms with van der Waals surface area (Å²) in [6, 6.07) is 6.85. The number of fused-ring (bicyclic) bond motifs is 1. The van der Waals surface area contributed by atoms with Gasteiger partial charge in [-0.2, -0.15) is 0 Å². The van der Waals surface area contributed by atoms with Crippen LogP contribution in [0.15, 0.2) is 30.3 Å². The Balaban J connectivity index is 1.53. The molecular formula is C17H21N3O5. The van der Waals surface area contributed by atoms with Gasteiger partial charge in [0.05, 0.1) is 6.10 Å². The van der Waals surface area contributed by atoms with E-state index >= 15 is 0 Å². The van der Waals surface area contributed by atoms with E-state index in [1.165, 1.54) is 4.90 Å². The lowest BCUT2D eigenvalue weighted by molar-refractivity contribution is -0.154. The number of nitrogens with one attached hydrogen (secondary N) is 1. The molecule has 2 amide bonds.